The molecule has 1 aromatic rings. The molecule has 0 aliphatic rings. The molecule has 0 radical (unpaired) electrons. The zero-order valence-corrected chi connectivity index (χ0v) is 13.5. The first-order chi connectivity index (χ1) is 9.76. The highest BCUT2D eigenvalue weighted by Crippen LogP contribution is 2.14. The van der Waals surface area contributed by atoms with Gasteiger partial charge in [-0.05, 0) is 56.3 Å². The van der Waals surface area contributed by atoms with Gasteiger partial charge >= 0.3 is 0 Å². The molecule has 112 valence electrons. The standard InChI is InChI=1S/C18H28ClN/c1-3-5-6-7-8-9-18(20-14-4-2)15-16-10-12-17(19)13-11-16/h3,10-13,18,20H,1,4-9,14-15H2,2H3. The fraction of sp³-hybridized carbons (Fsp3) is 0.556. The Morgan fingerprint density at radius 2 is 1.95 bits per heavy atom. The van der Waals surface area contributed by atoms with Gasteiger partial charge in [-0.1, -0.05) is 49.6 Å². The van der Waals surface area contributed by atoms with E-state index in [9.17, 15) is 0 Å². The van der Waals surface area contributed by atoms with E-state index in [1.54, 1.807) is 0 Å². The Kier molecular flexibility index (Phi) is 9.44. The lowest BCUT2D eigenvalue weighted by atomic mass is 10.00. The van der Waals surface area contributed by atoms with Crippen LogP contribution in [0.2, 0.25) is 5.02 Å². The third-order valence-corrected chi connectivity index (χ3v) is 3.79. The number of benzene rings is 1. The number of hydrogen-bond acceptors (Lipinski definition) is 1. The number of unbranched alkanes of at least 4 members (excludes halogenated alkanes) is 3. The molecular formula is C18H28ClN. The normalized spacial score (nSPS) is 12.3. The highest BCUT2D eigenvalue weighted by Gasteiger charge is 2.08. The molecule has 0 bridgehead atoms. The van der Waals surface area contributed by atoms with Crippen LogP contribution in [0.4, 0.5) is 0 Å². The number of halogens is 1. The van der Waals surface area contributed by atoms with Crippen LogP contribution < -0.4 is 5.32 Å². The molecule has 0 saturated heterocycles. The quantitative estimate of drug-likeness (QED) is 0.426. The molecule has 0 saturated carbocycles. The molecular weight excluding hydrogens is 266 g/mol. The molecule has 0 amide bonds. The van der Waals surface area contributed by atoms with Crippen LogP contribution in [0.5, 0.6) is 0 Å². The lowest BCUT2D eigenvalue weighted by Gasteiger charge is -2.18. The zero-order valence-electron chi connectivity index (χ0n) is 12.7. The number of rotatable bonds is 11. The summed E-state index contributed by atoms with van der Waals surface area (Å²) in [5.41, 5.74) is 1.37. The van der Waals surface area contributed by atoms with E-state index in [-0.39, 0.29) is 0 Å². The average Bonchev–Trinajstić information content (AvgIpc) is 2.46. The van der Waals surface area contributed by atoms with E-state index in [1.165, 1.54) is 37.7 Å². The number of hydrogen-bond donors (Lipinski definition) is 1. The summed E-state index contributed by atoms with van der Waals surface area (Å²) < 4.78 is 0. The first-order valence-corrected chi connectivity index (χ1v) is 8.22. The van der Waals surface area contributed by atoms with Crippen molar-refractivity contribution in [3.05, 3.63) is 47.5 Å². The van der Waals surface area contributed by atoms with Gasteiger partial charge in [-0.2, -0.15) is 0 Å². The van der Waals surface area contributed by atoms with Crippen LogP contribution in [0, 0.1) is 0 Å². The molecule has 20 heavy (non-hydrogen) atoms. The van der Waals surface area contributed by atoms with Crippen LogP contribution in [-0.2, 0) is 6.42 Å². The van der Waals surface area contributed by atoms with Crippen molar-refractivity contribution < 1.29 is 0 Å². The Morgan fingerprint density at radius 1 is 1.20 bits per heavy atom. The van der Waals surface area contributed by atoms with Crippen LogP contribution in [0.3, 0.4) is 0 Å². The summed E-state index contributed by atoms with van der Waals surface area (Å²) in [5, 5.41) is 4.49. The van der Waals surface area contributed by atoms with Crippen molar-refractivity contribution in [2.45, 2.75) is 57.9 Å². The van der Waals surface area contributed by atoms with E-state index < -0.39 is 0 Å². The fourth-order valence-corrected chi connectivity index (χ4v) is 2.51. The first kappa shape index (κ1) is 17.3. The predicted molar refractivity (Wildman–Crippen MR) is 90.5 cm³/mol. The van der Waals surface area contributed by atoms with Crippen molar-refractivity contribution in [3.63, 3.8) is 0 Å². The van der Waals surface area contributed by atoms with Crippen LogP contribution in [-0.4, -0.2) is 12.6 Å². The van der Waals surface area contributed by atoms with E-state index in [0.717, 1.165) is 24.4 Å². The molecule has 0 aliphatic heterocycles. The highest BCUT2D eigenvalue weighted by atomic mass is 35.5. The number of allylic oxidation sites excluding steroid dienone is 1. The summed E-state index contributed by atoms with van der Waals surface area (Å²) in [5.74, 6) is 0. The molecule has 1 nitrogen and oxygen atoms in total. The van der Waals surface area contributed by atoms with Gasteiger partial charge in [-0.25, -0.2) is 0 Å². The van der Waals surface area contributed by atoms with Crippen molar-refractivity contribution in [2.24, 2.45) is 0 Å². The van der Waals surface area contributed by atoms with Crippen molar-refractivity contribution in [1.29, 1.82) is 0 Å². The average molecular weight is 294 g/mol. The minimum atomic E-state index is 0.583. The summed E-state index contributed by atoms with van der Waals surface area (Å²) in [6.45, 7) is 7.09. The first-order valence-electron chi connectivity index (χ1n) is 7.85. The second-order valence-corrected chi connectivity index (χ2v) is 5.84. The molecule has 0 aromatic heterocycles. The summed E-state index contributed by atoms with van der Waals surface area (Å²) >= 11 is 5.94. The van der Waals surface area contributed by atoms with E-state index in [0.29, 0.717) is 6.04 Å². The van der Waals surface area contributed by atoms with Gasteiger partial charge in [0, 0.05) is 11.1 Å². The zero-order chi connectivity index (χ0) is 14.6. The largest absolute Gasteiger partial charge is 0.314 e. The molecule has 0 spiro atoms. The van der Waals surface area contributed by atoms with Gasteiger partial charge in [-0.3, -0.25) is 0 Å². The van der Waals surface area contributed by atoms with Crippen LogP contribution >= 0.6 is 11.6 Å². The van der Waals surface area contributed by atoms with Gasteiger partial charge in [0.1, 0.15) is 0 Å². The maximum absolute atomic E-state index is 5.94. The monoisotopic (exact) mass is 293 g/mol. The minimum absolute atomic E-state index is 0.583. The maximum Gasteiger partial charge on any atom is 0.0406 e. The van der Waals surface area contributed by atoms with Crippen LogP contribution in [0.15, 0.2) is 36.9 Å². The Labute approximate surface area is 129 Å². The predicted octanol–water partition coefficient (Wildman–Crippen LogP) is 5.39. The molecule has 0 aliphatic carbocycles. The third-order valence-electron chi connectivity index (χ3n) is 3.54. The second kappa shape index (κ2) is 10.9. The van der Waals surface area contributed by atoms with E-state index >= 15 is 0 Å². The van der Waals surface area contributed by atoms with Crippen LogP contribution in [0.1, 0.15) is 51.0 Å². The van der Waals surface area contributed by atoms with Crippen LogP contribution in [0.25, 0.3) is 0 Å². The number of nitrogens with one attached hydrogen (secondary N) is 1. The Balaban J connectivity index is 2.38. The molecule has 0 heterocycles. The topological polar surface area (TPSA) is 12.0 Å². The lowest BCUT2D eigenvalue weighted by Crippen LogP contribution is -2.31. The molecule has 2 heteroatoms. The maximum atomic E-state index is 5.94. The van der Waals surface area contributed by atoms with Crippen molar-refractivity contribution in [2.75, 3.05) is 6.54 Å². The molecule has 1 unspecified atom stereocenters. The SMILES string of the molecule is C=CCCCCCC(Cc1ccc(Cl)cc1)NCCC. The van der Waals surface area contributed by atoms with E-state index in [2.05, 4.69) is 31.0 Å². The molecule has 1 rings (SSSR count). The van der Waals surface area contributed by atoms with E-state index in [4.69, 9.17) is 11.6 Å². The minimum Gasteiger partial charge on any atom is -0.314 e. The smallest absolute Gasteiger partial charge is 0.0406 e. The van der Waals surface area contributed by atoms with Crippen molar-refractivity contribution in [1.82, 2.24) is 5.32 Å². The van der Waals surface area contributed by atoms with Crippen molar-refractivity contribution >= 4 is 11.6 Å². The lowest BCUT2D eigenvalue weighted by molar-refractivity contribution is 0.454. The summed E-state index contributed by atoms with van der Waals surface area (Å²) in [7, 11) is 0. The van der Waals surface area contributed by atoms with Gasteiger partial charge < -0.3 is 5.32 Å². The Bertz CT molecular complexity index is 358. The molecule has 1 N–H and O–H groups in total. The van der Waals surface area contributed by atoms with E-state index in [1.807, 2.05) is 18.2 Å². The summed E-state index contributed by atoms with van der Waals surface area (Å²) in [6.07, 6.45) is 10.6. The van der Waals surface area contributed by atoms with Gasteiger partial charge in [0.2, 0.25) is 0 Å². The van der Waals surface area contributed by atoms with Crippen molar-refractivity contribution in [3.8, 4) is 0 Å². The summed E-state index contributed by atoms with van der Waals surface area (Å²) in [4.78, 5) is 0. The molecule has 1 atom stereocenters. The summed E-state index contributed by atoms with van der Waals surface area (Å²) in [6, 6.07) is 8.83. The van der Waals surface area contributed by atoms with Gasteiger partial charge in [0.15, 0.2) is 0 Å². The highest BCUT2D eigenvalue weighted by molar-refractivity contribution is 6.30. The Hall–Kier alpha value is -0.790. The molecule has 1 aromatic carbocycles. The van der Waals surface area contributed by atoms with Gasteiger partial charge in [0.25, 0.3) is 0 Å². The molecule has 0 fully saturated rings. The van der Waals surface area contributed by atoms with Gasteiger partial charge in [0.05, 0.1) is 0 Å². The van der Waals surface area contributed by atoms with Gasteiger partial charge in [-0.15, -0.1) is 6.58 Å². The fourth-order valence-electron chi connectivity index (χ4n) is 2.39. The second-order valence-electron chi connectivity index (χ2n) is 5.41. The third kappa shape index (κ3) is 7.72. The Morgan fingerprint density at radius 3 is 2.60 bits per heavy atom.